The molecule has 2 rings (SSSR count). The van der Waals surface area contributed by atoms with Crippen molar-refractivity contribution in [1.29, 1.82) is 0 Å². The van der Waals surface area contributed by atoms with Gasteiger partial charge in [0.2, 0.25) is 10.0 Å². The minimum atomic E-state index is -3.61. The van der Waals surface area contributed by atoms with E-state index < -0.39 is 15.9 Å². The Balaban J connectivity index is 2.10. The summed E-state index contributed by atoms with van der Waals surface area (Å²) in [4.78, 5) is 12.3. The molecular weight excluding hydrogens is 501 g/mol. The van der Waals surface area contributed by atoms with E-state index in [9.17, 15) is 13.2 Å². The fraction of sp³-hybridized carbons (Fsp3) is 0.333. The number of amides is 1. The fourth-order valence-corrected chi connectivity index (χ4v) is 3.81. The van der Waals surface area contributed by atoms with E-state index in [-0.39, 0.29) is 12.0 Å². The summed E-state index contributed by atoms with van der Waals surface area (Å²) in [5.74, 6) is -0.514. The standard InChI is InChI=1S/C21H26IN3O3S/c1-15(16-6-8-17(9-7-16)21(2,3)4)23-24-20(26)14-25(29(5,27)28)19-12-10-18(22)11-13-19/h6-13H,14H2,1-5H3,(H,24,26)/b23-15-. The second-order valence-electron chi connectivity index (χ2n) is 7.81. The van der Waals surface area contributed by atoms with Gasteiger partial charge in [0.1, 0.15) is 6.54 Å². The number of hydrogen-bond acceptors (Lipinski definition) is 4. The third-order valence-corrected chi connectivity index (χ3v) is 6.18. The summed E-state index contributed by atoms with van der Waals surface area (Å²) in [6.07, 6.45) is 1.07. The van der Waals surface area contributed by atoms with Gasteiger partial charge in [0, 0.05) is 3.57 Å². The van der Waals surface area contributed by atoms with Crippen molar-refractivity contribution in [1.82, 2.24) is 5.43 Å². The van der Waals surface area contributed by atoms with Crippen LogP contribution in [0.4, 0.5) is 5.69 Å². The van der Waals surface area contributed by atoms with Gasteiger partial charge in [-0.1, -0.05) is 45.0 Å². The molecule has 156 valence electrons. The number of carbonyl (C=O) groups excluding carboxylic acids is 1. The molecule has 8 heteroatoms. The SMILES string of the molecule is C/C(=N/NC(=O)CN(c1ccc(I)cc1)S(C)(=O)=O)c1ccc(C(C)(C)C)cc1. The second-order valence-corrected chi connectivity index (χ2v) is 11.0. The lowest BCUT2D eigenvalue weighted by molar-refractivity contribution is -0.119. The number of anilines is 1. The molecule has 2 aromatic carbocycles. The highest BCUT2D eigenvalue weighted by molar-refractivity contribution is 14.1. The van der Waals surface area contributed by atoms with Crippen LogP contribution in [0.5, 0.6) is 0 Å². The van der Waals surface area contributed by atoms with Gasteiger partial charge in [0.05, 0.1) is 17.7 Å². The van der Waals surface area contributed by atoms with E-state index in [0.717, 1.165) is 19.7 Å². The van der Waals surface area contributed by atoms with Gasteiger partial charge in [-0.15, -0.1) is 0 Å². The minimum Gasteiger partial charge on any atom is -0.271 e. The third-order valence-electron chi connectivity index (χ3n) is 4.32. The molecule has 0 radical (unpaired) electrons. The van der Waals surface area contributed by atoms with Crippen LogP contribution >= 0.6 is 22.6 Å². The van der Waals surface area contributed by atoms with E-state index in [0.29, 0.717) is 11.4 Å². The number of nitrogens with one attached hydrogen (secondary N) is 1. The number of halogens is 1. The molecular formula is C21H26IN3O3S. The summed E-state index contributed by atoms with van der Waals surface area (Å²) in [5, 5.41) is 4.12. The van der Waals surface area contributed by atoms with Crippen molar-refractivity contribution >= 4 is 49.9 Å². The highest BCUT2D eigenvalue weighted by atomic mass is 127. The van der Waals surface area contributed by atoms with Crippen LogP contribution in [0.2, 0.25) is 0 Å². The lowest BCUT2D eigenvalue weighted by Gasteiger charge is -2.21. The first-order chi connectivity index (χ1) is 13.4. The summed E-state index contributed by atoms with van der Waals surface area (Å²) in [6.45, 7) is 7.87. The molecule has 0 aliphatic carbocycles. The lowest BCUT2D eigenvalue weighted by Crippen LogP contribution is -2.39. The quantitative estimate of drug-likeness (QED) is 0.352. The number of hydrazone groups is 1. The Morgan fingerprint density at radius 2 is 1.62 bits per heavy atom. The molecule has 0 spiro atoms. The second kappa shape index (κ2) is 9.25. The van der Waals surface area contributed by atoms with E-state index in [1.165, 1.54) is 5.56 Å². The van der Waals surface area contributed by atoms with Gasteiger partial charge in [-0.05, 0) is 70.3 Å². The van der Waals surface area contributed by atoms with Crippen LogP contribution in [0.3, 0.4) is 0 Å². The Morgan fingerprint density at radius 1 is 1.07 bits per heavy atom. The van der Waals surface area contributed by atoms with E-state index in [1.807, 2.05) is 24.3 Å². The molecule has 0 saturated carbocycles. The topological polar surface area (TPSA) is 78.8 Å². The first-order valence-electron chi connectivity index (χ1n) is 9.05. The Hall–Kier alpha value is -1.94. The third kappa shape index (κ3) is 6.81. The van der Waals surface area contributed by atoms with Gasteiger partial charge in [-0.2, -0.15) is 5.10 Å². The average molecular weight is 527 g/mol. The molecule has 0 fully saturated rings. The molecule has 0 bridgehead atoms. The highest BCUT2D eigenvalue weighted by Gasteiger charge is 2.20. The number of nitrogens with zero attached hydrogens (tertiary/aromatic N) is 2. The molecule has 0 aliphatic rings. The Bertz CT molecular complexity index is 993. The van der Waals surface area contributed by atoms with Crippen molar-refractivity contribution in [3.63, 3.8) is 0 Å². The fourth-order valence-electron chi connectivity index (χ4n) is 2.60. The van der Waals surface area contributed by atoms with Crippen LogP contribution in [0, 0.1) is 3.57 Å². The number of carbonyl (C=O) groups is 1. The van der Waals surface area contributed by atoms with Crippen LogP contribution in [0.1, 0.15) is 38.8 Å². The van der Waals surface area contributed by atoms with E-state index >= 15 is 0 Å². The smallest absolute Gasteiger partial charge is 0.260 e. The maximum atomic E-state index is 12.3. The maximum absolute atomic E-state index is 12.3. The molecule has 0 atom stereocenters. The zero-order chi connectivity index (χ0) is 21.8. The van der Waals surface area contributed by atoms with Gasteiger partial charge in [-0.3, -0.25) is 9.10 Å². The maximum Gasteiger partial charge on any atom is 0.260 e. The molecule has 29 heavy (non-hydrogen) atoms. The molecule has 6 nitrogen and oxygen atoms in total. The van der Waals surface area contributed by atoms with E-state index in [2.05, 4.69) is 53.9 Å². The molecule has 0 heterocycles. The minimum absolute atomic E-state index is 0.0579. The van der Waals surface area contributed by atoms with Crippen molar-refractivity contribution in [3.05, 3.63) is 63.2 Å². The summed E-state index contributed by atoms with van der Waals surface area (Å²) in [5.41, 5.74) is 5.67. The molecule has 2 aromatic rings. The number of sulfonamides is 1. The Kier molecular flexibility index (Phi) is 7.45. The van der Waals surface area contributed by atoms with Crippen LogP contribution in [0.15, 0.2) is 53.6 Å². The summed E-state index contributed by atoms with van der Waals surface area (Å²) in [6, 6.07) is 14.9. The average Bonchev–Trinajstić information content (AvgIpc) is 2.63. The number of rotatable bonds is 6. The van der Waals surface area contributed by atoms with Crippen LogP contribution < -0.4 is 9.73 Å². The van der Waals surface area contributed by atoms with E-state index in [1.54, 1.807) is 31.2 Å². The molecule has 0 unspecified atom stereocenters. The van der Waals surface area contributed by atoms with Gasteiger partial charge in [0.15, 0.2) is 0 Å². The van der Waals surface area contributed by atoms with Crippen molar-refractivity contribution in [3.8, 4) is 0 Å². The molecule has 1 amide bonds. The van der Waals surface area contributed by atoms with Crippen LogP contribution in [-0.4, -0.2) is 32.8 Å². The van der Waals surface area contributed by atoms with Gasteiger partial charge in [-0.25, -0.2) is 13.8 Å². The van der Waals surface area contributed by atoms with Crippen molar-refractivity contribution < 1.29 is 13.2 Å². The molecule has 0 aromatic heterocycles. The normalized spacial score (nSPS) is 12.6. The van der Waals surface area contributed by atoms with Gasteiger partial charge in [0.25, 0.3) is 5.91 Å². The number of hydrogen-bond donors (Lipinski definition) is 1. The lowest BCUT2D eigenvalue weighted by atomic mass is 9.86. The van der Waals surface area contributed by atoms with Crippen molar-refractivity contribution in [2.45, 2.75) is 33.1 Å². The largest absolute Gasteiger partial charge is 0.271 e. The summed E-state index contributed by atoms with van der Waals surface area (Å²) in [7, 11) is -3.61. The zero-order valence-corrected chi connectivity index (χ0v) is 20.2. The molecule has 0 saturated heterocycles. The zero-order valence-electron chi connectivity index (χ0n) is 17.2. The first-order valence-corrected chi connectivity index (χ1v) is 12.0. The predicted molar refractivity (Wildman–Crippen MR) is 127 cm³/mol. The predicted octanol–water partition coefficient (Wildman–Crippen LogP) is 3.90. The van der Waals surface area contributed by atoms with Crippen LogP contribution in [0.25, 0.3) is 0 Å². The first kappa shape index (κ1) is 23.3. The van der Waals surface area contributed by atoms with Gasteiger partial charge < -0.3 is 0 Å². The summed E-state index contributed by atoms with van der Waals surface area (Å²) < 4.78 is 26.3. The van der Waals surface area contributed by atoms with Crippen molar-refractivity contribution in [2.24, 2.45) is 5.10 Å². The monoisotopic (exact) mass is 527 g/mol. The van der Waals surface area contributed by atoms with Crippen molar-refractivity contribution in [2.75, 3.05) is 17.1 Å². The van der Waals surface area contributed by atoms with Crippen LogP contribution in [-0.2, 0) is 20.2 Å². The molecule has 0 aliphatic heterocycles. The van der Waals surface area contributed by atoms with E-state index in [4.69, 9.17) is 0 Å². The Labute approximate surface area is 186 Å². The summed E-state index contributed by atoms with van der Waals surface area (Å²) >= 11 is 2.13. The highest BCUT2D eigenvalue weighted by Crippen LogP contribution is 2.22. The van der Waals surface area contributed by atoms with Gasteiger partial charge >= 0.3 is 0 Å². The molecule has 1 N–H and O–H groups in total. The Morgan fingerprint density at radius 3 is 2.10 bits per heavy atom. The number of benzene rings is 2.